The van der Waals surface area contributed by atoms with Crippen molar-refractivity contribution in [2.45, 2.75) is 66.7 Å². The van der Waals surface area contributed by atoms with Gasteiger partial charge in [-0.3, -0.25) is 0 Å². The SMILES string of the molecule is CCOc1cc(CNC(C)(C)CC(C)(C)C)c(Cl)cc1OCc1ccc(F)cc1. The molecule has 29 heavy (non-hydrogen) atoms. The molecule has 1 N–H and O–H groups in total. The molecule has 5 heteroatoms. The minimum absolute atomic E-state index is 0.0227. The number of nitrogens with one attached hydrogen (secondary N) is 1. The third kappa shape index (κ3) is 7.87. The molecule has 3 nitrogen and oxygen atoms in total. The molecule has 0 atom stereocenters. The monoisotopic (exact) mass is 421 g/mol. The van der Waals surface area contributed by atoms with E-state index in [1.54, 1.807) is 18.2 Å². The highest BCUT2D eigenvalue weighted by atomic mass is 35.5. The molecule has 160 valence electrons. The summed E-state index contributed by atoms with van der Waals surface area (Å²) in [6, 6.07) is 9.97. The van der Waals surface area contributed by atoms with Gasteiger partial charge in [0.2, 0.25) is 0 Å². The molecular weight excluding hydrogens is 389 g/mol. The Kier molecular flexibility index (Phi) is 7.95. The van der Waals surface area contributed by atoms with Crippen LogP contribution < -0.4 is 14.8 Å². The van der Waals surface area contributed by atoms with Gasteiger partial charge in [0.25, 0.3) is 0 Å². The summed E-state index contributed by atoms with van der Waals surface area (Å²) in [4.78, 5) is 0. The molecule has 0 aliphatic heterocycles. The molecule has 0 aliphatic rings. The van der Waals surface area contributed by atoms with E-state index in [1.807, 2.05) is 13.0 Å². The first kappa shape index (κ1) is 23.5. The second-order valence-electron chi connectivity index (χ2n) is 9.21. The first-order chi connectivity index (χ1) is 13.5. The van der Waals surface area contributed by atoms with E-state index in [4.69, 9.17) is 21.1 Å². The lowest BCUT2D eigenvalue weighted by Crippen LogP contribution is -2.41. The van der Waals surface area contributed by atoms with E-state index in [0.29, 0.717) is 36.3 Å². The molecule has 0 unspecified atom stereocenters. The number of hydrogen-bond donors (Lipinski definition) is 1. The van der Waals surface area contributed by atoms with E-state index in [9.17, 15) is 4.39 Å². The van der Waals surface area contributed by atoms with Gasteiger partial charge in [-0.25, -0.2) is 4.39 Å². The summed E-state index contributed by atoms with van der Waals surface area (Å²) in [6.07, 6.45) is 1.04. The van der Waals surface area contributed by atoms with Crippen LogP contribution in [0.15, 0.2) is 36.4 Å². The van der Waals surface area contributed by atoms with Gasteiger partial charge in [-0.2, -0.15) is 0 Å². The van der Waals surface area contributed by atoms with Crippen molar-refractivity contribution in [3.63, 3.8) is 0 Å². The lowest BCUT2D eigenvalue weighted by molar-refractivity contribution is 0.240. The highest BCUT2D eigenvalue weighted by Crippen LogP contribution is 2.35. The predicted molar refractivity (Wildman–Crippen MR) is 118 cm³/mol. The van der Waals surface area contributed by atoms with Crippen molar-refractivity contribution in [2.75, 3.05) is 6.61 Å². The first-order valence-electron chi connectivity index (χ1n) is 10.1. The Hall–Kier alpha value is -1.78. The molecule has 0 saturated carbocycles. The maximum Gasteiger partial charge on any atom is 0.163 e. The van der Waals surface area contributed by atoms with Crippen molar-refractivity contribution < 1.29 is 13.9 Å². The van der Waals surface area contributed by atoms with E-state index >= 15 is 0 Å². The summed E-state index contributed by atoms with van der Waals surface area (Å²) in [6.45, 7) is 14.5. The van der Waals surface area contributed by atoms with Gasteiger partial charge in [0, 0.05) is 23.2 Å². The highest BCUT2D eigenvalue weighted by molar-refractivity contribution is 6.31. The van der Waals surface area contributed by atoms with Crippen LogP contribution in [0.25, 0.3) is 0 Å². The lowest BCUT2D eigenvalue weighted by Gasteiger charge is -2.33. The molecule has 0 aromatic heterocycles. The smallest absolute Gasteiger partial charge is 0.163 e. The minimum Gasteiger partial charge on any atom is -0.490 e. The van der Waals surface area contributed by atoms with Crippen LogP contribution in [0.1, 0.15) is 59.1 Å². The molecule has 0 bridgehead atoms. The van der Waals surface area contributed by atoms with Crippen LogP contribution in [-0.2, 0) is 13.2 Å². The third-order valence-electron chi connectivity index (χ3n) is 4.45. The molecule has 2 aromatic rings. The lowest BCUT2D eigenvalue weighted by atomic mass is 9.82. The van der Waals surface area contributed by atoms with Gasteiger partial charge in [0.1, 0.15) is 12.4 Å². The molecular formula is C24H33ClFNO2. The second-order valence-corrected chi connectivity index (χ2v) is 9.62. The maximum atomic E-state index is 13.1. The number of benzene rings is 2. The molecule has 0 amide bonds. The van der Waals surface area contributed by atoms with Crippen molar-refractivity contribution in [1.82, 2.24) is 5.32 Å². The number of rotatable bonds is 9. The topological polar surface area (TPSA) is 30.5 Å². The average Bonchev–Trinajstić information content (AvgIpc) is 2.60. The maximum absolute atomic E-state index is 13.1. The Labute approximate surface area is 179 Å². The van der Waals surface area contributed by atoms with Gasteiger partial charge in [-0.1, -0.05) is 44.5 Å². The van der Waals surface area contributed by atoms with E-state index < -0.39 is 0 Å². The van der Waals surface area contributed by atoms with E-state index in [1.165, 1.54) is 12.1 Å². The quantitative estimate of drug-likeness (QED) is 0.485. The molecule has 2 rings (SSSR count). The fraction of sp³-hybridized carbons (Fsp3) is 0.500. The molecule has 0 aliphatic carbocycles. The van der Waals surface area contributed by atoms with Crippen molar-refractivity contribution in [1.29, 1.82) is 0 Å². The summed E-state index contributed by atoms with van der Waals surface area (Å²) in [5, 5.41) is 4.23. The minimum atomic E-state index is -0.266. The van der Waals surface area contributed by atoms with Crippen molar-refractivity contribution in [2.24, 2.45) is 5.41 Å². The predicted octanol–water partition coefficient (Wildman–Crippen LogP) is 6.76. The second kappa shape index (κ2) is 9.82. The van der Waals surface area contributed by atoms with E-state index in [0.717, 1.165) is 17.5 Å². The van der Waals surface area contributed by atoms with Crippen LogP contribution >= 0.6 is 11.6 Å². The molecule has 2 aromatic carbocycles. The van der Waals surface area contributed by atoms with Crippen LogP contribution in [0.4, 0.5) is 4.39 Å². The van der Waals surface area contributed by atoms with Crippen molar-refractivity contribution in [3.05, 3.63) is 58.4 Å². The Bertz CT molecular complexity index is 798. The first-order valence-corrected chi connectivity index (χ1v) is 10.4. The van der Waals surface area contributed by atoms with Crippen molar-refractivity contribution >= 4 is 11.6 Å². The van der Waals surface area contributed by atoms with Gasteiger partial charge in [-0.15, -0.1) is 0 Å². The highest BCUT2D eigenvalue weighted by Gasteiger charge is 2.25. The molecule has 0 fully saturated rings. The summed E-state index contributed by atoms with van der Waals surface area (Å²) < 4.78 is 24.8. The normalized spacial score (nSPS) is 12.1. The van der Waals surface area contributed by atoms with Gasteiger partial charge in [0.15, 0.2) is 11.5 Å². The van der Waals surface area contributed by atoms with Gasteiger partial charge < -0.3 is 14.8 Å². The number of hydrogen-bond acceptors (Lipinski definition) is 3. The molecule has 0 radical (unpaired) electrons. The van der Waals surface area contributed by atoms with Crippen LogP contribution in [-0.4, -0.2) is 12.1 Å². The number of ether oxygens (including phenoxy) is 2. The average molecular weight is 422 g/mol. The van der Waals surface area contributed by atoms with Crippen LogP contribution in [0.3, 0.4) is 0 Å². The molecule has 0 saturated heterocycles. The summed E-state index contributed by atoms with van der Waals surface area (Å²) in [5.41, 5.74) is 2.05. The van der Waals surface area contributed by atoms with Crippen molar-refractivity contribution in [3.8, 4) is 11.5 Å². The van der Waals surface area contributed by atoms with E-state index in [2.05, 4.69) is 39.9 Å². The zero-order chi connectivity index (χ0) is 21.7. The Balaban J connectivity index is 2.12. The zero-order valence-corrected chi connectivity index (χ0v) is 19.1. The van der Waals surface area contributed by atoms with Crippen LogP contribution in [0.2, 0.25) is 5.02 Å². The third-order valence-corrected chi connectivity index (χ3v) is 4.80. The standard InChI is InChI=1S/C24H33ClFNO2/c1-7-28-21-12-18(14-27-24(5,6)16-23(2,3)4)20(25)13-22(21)29-15-17-8-10-19(26)11-9-17/h8-13,27H,7,14-16H2,1-6H3. The van der Waals surface area contributed by atoms with Gasteiger partial charge in [-0.05, 0) is 61.9 Å². The van der Waals surface area contributed by atoms with Crippen LogP contribution in [0.5, 0.6) is 11.5 Å². The number of halogens is 2. The van der Waals surface area contributed by atoms with Crippen LogP contribution in [0, 0.1) is 11.2 Å². The summed E-state index contributed by atoms with van der Waals surface area (Å²) in [7, 11) is 0. The Morgan fingerprint density at radius 1 is 0.966 bits per heavy atom. The summed E-state index contributed by atoms with van der Waals surface area (Å²) >= 11 is 6.54. The molecule has 0 heterocycles. The van der Waals surface area contributed by atoms with Gasteiger partial charge in [0.05, 0.1) is 6.61 Å². The Morgan fingerprint density at radius 3 is 2.17 bits per heavy atom. The fourth-order valence-electron chi connectivity index (χ4n) is 3.56. The molecule has 0 spiro atoms. The largest absolute Gasteiger partial charge is 0.490 e. The van der Waals surface area contributed by atoms with Gasteiger partial charge >= 0.3 is 0 Å². The van der Waals surface area contributed by atoms with E-state index in [-0.39, 0.29) is 16.8 Å². The fourth-order valence-corrected chi connectivity index (χ4v) is 3.78. The zero-order valence-electron chi connectivity index (χ0n) is 18.4. The summed E-state index contributed by atoms with van der Waals surface area (Å²) in [5.74, 6) is 0.973. The Morgan fingerprint density at radius 2 is 1.59 bits per heavy atom.